The second kappa shape index (κ2) is 5.91. The molecule has 0 fully saturated rings. The van der Waals surface area contributed by atoms with Crippen LogP contribution in [0.4, 0.5) is 0 Å². The van der Waals surface area contributed by atoms with Crippen LogP contribution in [0.2, 0.25) is 0 Å². The van der Waals surface area contributed by atoms with Gasteiger partial charge >= 0.3 is 0 Å². The molecule has 1 atom stereocenters. The summed E-state index contributed by atoms with van der Waals surface area (Å²) in [6.07, 6.45) is -0.640. The summed E-state index contributed by atoms with van der Waals surface area (Å²) >= 11 is 0. The minimum absolute atomic E-state index is 0.456. The van der Waals surface area contributed by atoms with Gasteiger partial charge in [0.1, 0.15) is 11.5 Å². The van der Waals surface area contributed by atoms with E-state index in [2.05, 4.69) is 5.32 Å². The number of aliphatic hydroxyl groups excluding tert-OH is 1. The summed E-state index contributed by atoms with van der Waals surface area (Å²) in [4.78, 5) is 0. The standard InChI is InChI=1S/C15H19NO3/c1-16-9-13(17)12-8-14(18-2)10-6-4-5-7-11(10)15(12)19-3/h4-8,13,16-17H,9H2,1-3H3. The zero-order chi connectivity index (χ0) is 13.8. The zero-order valence-corrected chi connectivity index (χ0v) is 11.4. The van der Waals surface area contributed by atoms with Crippen molar-refractivity contribution in [3.8, 4) is 11.5 Å². The maximum Gasteiger partial charge on any atom is 0.132 e. The van der Waals surface area contributed by atoms with Crippen molar-refractivity contribution in [1.29, 1.82) is 0 Å². The van der Waals surface area contributed by atoms with E-state index in [1.165, 1.54) is 0 Å². The molecule has 0 heterocycles. The van der Waals surface area contributed by atoms with Crippen molar-refractivity contribution in [3.63, 3.8) is 0 Å². The molecule has 0 aliphatic carbocycles. The highest BCUT2D eigenvalue weighted by Crippen LogP contribution is 2.39. The van der Waals surface area contributed by atoms with Crippen LogP contribution >= 0.6 is 0 Å². The summed E-state index contributed by atoms with van der Waals surface area (Å²) in [6.45, 7) is 0.456. The van der Waals surface area contributed by atoms with Gasteiger partial charge in [0.2, 0.25) is 0 Å². The number of methoxy groups -OCH3 is 2. The van der Waals surface area contributed by atoms with E-state index in [9.17, 15) is 5.11 Å². The van der Waals surface area contributed by atoms with Gasteiger partial charge in [-0.05, 0) is 13.1 Å². The normalized spacial score (nSPS) is 12.4. The Bertz CT molecular complexity index is 569. The third kappa shape index (κ3) is 2.50. The Morgan fingerprint density at radius 2 is 1.84 bits per heavy atom. The Labute approximate surface area is 113 Å². The lowest BCUT2D eigenvalue weighted by Gasteiger charge is -2.18. The van der Waals surface area contributed by atoms with Crippen LogP contribution in [0.15, 0.2) is 30.3 Å². The van der Waals surface area contributed by atoms with Crippen LogP contribution in [0.1, 0.15) is 11.7 Å². The lowest BCUT2D eigenvalue weighted by atomic mass is 10.0. The molecule has 0 bridgehead atoms. The Morgan fingerprint density at radius 1 is 1.16 bits per heavy atom. The molecule has 4 heteroatoms. The average molecular weight is 261 g/mol. The van der Waals surface area contributed by atoms with Crippen molar-refractivity contribution in [2.24, 2.45) is 0 Å². The van der Waals surface area contributed by atoms with Crippen LogP contribution in [0.25, 0.3) is 10.8 Å². The number of fused-ring (bicyclic) bond motifs is 1. The van der Waals surface area contributed by atoms with Crippen LogP contribution < -0.4 is 14.8 Å². The topological polar surface area (TPSA) is 50.7 Å². The third-order valence-electron chi connectivity index (χ3n) is 3.17. The monoisotopic (exact) mass is 261 g/mol. The predicted molar refractivity (Wildman–Crippen MR) is 75.9 cm³/mol. The van der Waals surface area contributed by atoms with Gasteiger partial charge in [-0.2, -0.15) is 0 Å². The van der Waals surface area contributed by atoms with Crippen LogP contribution in [0.3, 0.4) is 0 Å². The van der Waals surface area contributed by atoms with E-state index < -0.39 is 6.10 Å². The van der Waals surface area contributed by atoms with Gasteiger partial charge in [-0.15, -0.1) is 0 Å². The molecule has 102 valence electrons. The predicted octanol–water partition coefficient (Wildman–Crippen LogP) is 2.11. The molecule has 4 nitrogen and oxygen atoms in total. The fraction of sp³-hybridized carbons (Fsp3) is 0.333. The van der Waals surface area contributed by atoms with Crippen molar-refractivity contribution in [3.05, 3.63) is 35.9 Å². The SMILES string of the molecule is CNCC(O)c1cc(OC)c2ccccc2c1OC. The molecule has 0 aliphatic heterocycles. The highest BCUT2D eigenvalue weighted by Gasteiger charge is 2.18. The highest BCUT2D eigenvalue weighted by molar-refractivity contribution is 5.94. The molecule has 0 spiro atoms. The first-order valence-electron chi connectivity index (χ1n) is 6.19. The van der Waals surface area contributed by atoms with E-state index >= 15 is 0 Å². The van der Waals surface area contributed by atoms with Gasteiger partial charge in [-0.1, -0.05) is 24.3 Å². The molecule has 2 aromatic rings. The Hall–Kier alpha value is -1.78. The zero-order valence-electron chi connectivity index (χ0n) is 11.4. The van der Waals surface area contributed by atoms with Crippen LogP contribution in [-0.4, -0.2) is 32.9 Å². The van der Waals surface area contributed by atoms with Crippen molar-refractivity contribution in [2.45, 2.75) is 6.10 Å². The molecular weight excluding hydrogens is 242 g/mol. The van der Waals surface area contributed by atoms with Crippen LogP contribution in [0.5, 0.6) is 11.5 Å². The minimum atomic E-state index is -0.640. The summed E-state index contributed by atoms with van der Waals surface area (Å²) in [5.41, 5.74) is 0.729. The van der Waals surface area contributed by atoms with Gasteiger partial charge in [0.15, 0.2) is 0 Å². The number of hydrogen-bond acceptors (Lipinski definition) is 4. The minimum Gasteiger partial charge on any atom is -0.496 e. The largest absolute Gasteiger partial charge is 0.496 e. The molecule has 0 saturated heterocycles. The van der Waals surface area contributed by atoms with Crippen molar-refractivity contribution < 1.29 is 14.6 Å². The smallest absolute Gasteiger partial charge is 0.132 e. The van der Waals surface area contributed by atoms with E-state index in [0.29, 0.717) is 12.3 Å². The number of aliphatic hydroxyl groups is 1. The molecule has 1 unspecified atom stereocenters. The van der Waals surface area contributed by atoms with Crippen molar-refractivity contribution in [2.75, 3.05) is 27.8 Å². The van der Waals surface area contributed by atoms with E-state index in [1.807, 2.05) is 30.3 Å². The van der Waals surface area contributed by atoms with Crippen LogP contribution in [0, 0.1) is 0 Å². The van der Waals surface area contributed by atoms with Crippen molar-refractivity contribution >= 4 is 10.8 Å². The number of nitrogens with one attached hydrogen (secondary N) is 1. The molecule has 2 N–H and O–H groups in total. The molecule has 0 aromatic heterocycles. The molecule has 2 aromatic carbocycles. The summed E-state index contributed by atoms with van der Waals surface area (Å²) < 4.78 is 10.9. The van der Waals surface area contributed by atoms with Gasteiger partial charge in [0.05, 0.1) is 20.3 Å². The first kappa shape index (κ1) is 13.6. The number of rotatable bonds is 5. The number of ether oxygens (including phenoxy) is 2. The summed E-state index contributed by atoms with van der Waals surface area (Å²) in [6, 6.07) is 9.67. The number of hydrogen-bond donors (Lipinski definition) is 2. The fourth-order valence-corrected chi connectivity index (χ4v) is 2.28. The van der Waals surface area contributed by atoms with E-state index in [1.54, 1.807) is 21.3 Å². The molecule has 0 aliphatic rings. The summed E-state index contributed by atoms with van der Waals surface area (Å²) in [5, 5.41) is 15.1. The lowest BCUT2D eigenvalue weighted by Crippen LogP contribution is -2.17. The highest BCUT2D eigenvalue weighted by atomic mass is 16.5. The Balaban J connectivity index is 2.69. The number of likely N-dealkylation sites (N-methyl/N-ethyl adjacent to an activating group) is 1. The average Bonchev–Trinajstić information content (AvgIpc) is 2.45. The molecule has 19 heavy (non-hydrogen) atoms. The summed E-state index contributed by atoms with van der Waals surface area (Å²) in [7, 11) is 5.04. The second-order valence-corrected chi connectivity index (χ2v) is 4.32. The molecular formula is C15H19NO3. The van der Waals surface area contributed by atoms with E-state index in [-0.39, 0.29) is 0 Å². The first-order valence-corrected chi connectivity index (χ1v) is 6.19. The van der Waals surface area contributed by atoms with E-state index in [4.69, 9.17) is 9.47 Å². The second-order valence-electron chi connectivity index (χ2n) is 4.32. The van der Waals surface area contributed by atoms with Crippen LogP contribution in [-0.2, 0) is 0 Å². The van der Waals surface area contributed by atoms with Gasteiger partial charge in [0, 0.05) is 22.9 Å². The maximum absolute atomic E-state index is 10.2. The third-order valence-corrected chi connectivity index (χ3v) is 3.17. The Kier molecular flexibility index (Phi) is 4.24. The van der Waals surface area contributed by atoms with Gasteiger partial charge < -0.3 is 19.9 Å². The quantitative estimate of drug-likeness (QED) is 0.865. The fourth-order valence-electron chi connectivity index (χ4n) is 2.28. The Morgan fingerprint density at radius 3 is 2.42 bits per heavy atom. The lowest BCUT2D eigenvalue weighted by molar-refractivity contribution is 0.173. The van der Waals surface area contributed by atoms with Gasteiger partial charge in [-0.3, -0.25) is 0 Å². The molecule has 0 radical (unpaired) electrons. The maximum atomic E-state index is 10.2. The van der Waals surface area contributed by atoms with E-state index in [0.717, 1.165) is 22.1 Å². The van der Waals surface area contributed by atoms with Gasteiger partial charge in [0.25, 0.3) is 0 Å². The summed E-state index contributed by atoms with van der Waals surface area (Å²) in [5.74, 6) is 1.43. The van der Waals surface area contributed by atoms with Crippen molar-refractivity contribution in [1.82, 2.24) is 5.32 Å². The number of benzene rings is 2. The first-order chi connectivity index (χ1) is 9.22. The molecule has 0 saturated carbocycles. The molecule has 0 amide bonds. The van der Waals surface area contributed by atoms with Gasteiger partial charge in [-0.25, -0.2) is 0 Å². The molecule has 2 rings (SSSR count).